The Kier molecular flexibility index (Phi) is 9.61. The first-order valence-electron chi connectivity index (χ1n) is 12.3. The number of amidine groups is 1. The van der Waals surface area contributed by atoms with Crippen LogP contribution in [0.3, 0.4) is 0 Å². The highest BCUT2D eigenvalue weighted by molar-refractivity contribution is 6.10. The number of hydrogen-bond acceptors (Lipinski definition) is 8. The van der Waals surface area contributed by atoms with E-state index in [-0.39, 0.29) is 23.7 Å². The molecule has 1 atom stereocenters. The van der Waals surface area contributed by atoms with Gasteiger partial charge in [0.1, 0.15) is 6.10 Å². The molecule has 0 aliphatic heterocycles. The number of ether oxygens (including phenoxy) is 2. The molecule has 0 bridgehead atoms. The molecule has 0 saturated heterocycles. The average molecular weight is 530 g/mol. The van der Waals surface area contributed by atoms with Crippen LogP contribution in [0.2, 0.25) is 0 Å². The van der Waals surface area contributed by atoms with Crippen LogP contribution in [0.15, 0.2) is 24.4 Å². The molecule has 38 heavy (non-hydrogen) atoms. The highest BCUT2D eigenvalue weighted by Crippen LogP contribution is 2.27. The van der Waals surface area contributed by atoms with Crippen LogP contribution in [0.25, 0.3) is 0 Å². The van der Waals surface area contributed by atoms with Crippen molar-refractivity contribution in [2.45, 2.75) is 52.7 Å². The van der Waals surface area contributed by atoms with Gasteiger partial charge >= 0.3 is 5.97 Å². The highest BCUT2D eigenvalue weighted by atomic mass is 16.8. The maximum atomic E-state index is 12.8. The SMILES string of the molecule is CCNC(=O)c1ccc(C)c(N(OCOCOC(=O)C(C)O)C(=N)c2c(C)c(C(=O)NC3CC3)cn2C)c1. The fourth-order valence-corrected chi connectivity index (χ4v) is 3.74. The Hall–Kier alpha value is -3.74. The summed E-state index contributed by atoms with van der Waals surface area (Å²) in [7, 11) is 1.73. The van der Waals surface area contributed by atoms with Gasteiger partial charge in [-0.15, -0.1) is 0 Å². The molecule has 3 rings (SSSR count). The number of benzene rings is 1. The monoisotopic (exact) mass is 529 g/mol. The average Bonchev–Trinajstić information content (AvgIpc) is 3.63. The second-order valence-corrected chi connectivity index (χ2v) is 9.09. The van der Waals surface area contributed by atoms with E-state index in [1.165, 1.54) is 12.0 Å². The van der Waals surface area contributed by atoms with Gasteiger partial charge in [-0.2, -0.15) is 5.06 Å². The summed E-state index contributed by atoms with van der Waals surface area (Å²) in [6.45, 7) is 6.20. The van der Waals surface area contributed by atoms with Crippen LogP contribution >= 0.6 is 0 Å². The number of hydroxylamine groups is 1. The van der Waals surface area contributed by atoms with E-state index in [1.54, 1.807) is 49.9 Å². The maximum Gasteiger partial charge on any atom is 0.336 e. The van der Waals surface area contributed by atoms with Gasteiger partial charge in [0.25, 0.3) is 11.8 Å². The molecule has 1 aromatic heterocycles. The Bertz CT molecular complexity index is 1200. The third-order valence-corrected chi connectivity index (χ3v) is 5.94. The van der Waals surface area contributed by atoms with E-state index in [0.717, 1.165) is 12.8 Å². The van der Waals surface area contributed by atoms with Gasteiger partial charge in [0, 0.05) is 31.4 Å². The van der Waals surface area contributed by atoms with Crippen molar-refractivity contribution in [1.29, 1.82) is 5.41 Å². The molecule has 1 aromatic carbocycles. The van der Waals surface area contributed by atoms with Crippen molar-refractivity contribution in [3.63, 3.8) is 0 Å². The minimum absolute atomic E-state index is 0.101. The summed E-state index contributed by atoms with van der Waals surface area (Å²) >= 11 is 0. The van der Waals surface area contributed by atoms with Crippen LogP contribution in [0, 0.1) is 19.3 Å². The number of carbonyl (C=O) groups is 3. The summed E-state index contributed by atoms with van der Waals surface area (Å²) in [5, 5.41) is 25.2. The topological polar surface area (TPSA) is 155 Å². The van der Waals surface area contributed by atoms with Gasteiger partial charge in [0.15, 0.2) is 19.4 Å². The zero-order chi connectivity index (χ0) is 28.0. The molecule has 1 saturated carbocycles. The van der Waals surface area contributed by atoms with E-state index >= 15 is 0 Å². The predicted molar refractivity (Wildman–Crippen MR) is 139 cm³/mol. The molecule has 206 valence electrons. The van der Waals surface area contributed by atoms with Crippen molar-refractivity contribution in [2.24, 2.45) is 7.05 Å². The number of nitrogens with one attached hydrogen (secondary N) is 3. The molecule has 12 heteroatoms. The number of aromatic nitrogens is 1. The molecule has 1 heterocycles. The van der Waals surface area contributed by atoms with E-state index in [4.69, 9.17) is 19.7 Å². The Morgan fingerprint density at radius 2 is 1.92 bits per heavy atom. The fourth-order valence-electron chi connectivity index (χ4n) is 3.74. The van der Waals surface area contributed by atoms with E-state index < -0.39 is 25.7 Å². The number of carbonyl (C=O) groups excluding carboxylic acids is 3. The summed E-state index contributed by atoms with van der Waals surface area (Å²) in [4.78, 5) is 42.5. The highest BCUT2D eigenvalue weighted by Gasteiger charge is 2.29. The molecule has 4 N–H and O–H groups in total. The summed E-state index contributed by atoms with van der Waals surface area (Å²) in [6, 6.07) is 5.19. The zero-order valence-electron chi connectivity index (χ0n) is 22.3. The minimum Gasteiger partial charge on any atom is -0.436 e. The largest absolute Gasteiger partial charge is 0.436 e. The van der Waals surface area contributed by atoms with Crippen LogP contribution in [0.4, 0.5) is 5.69 Å². The second-order valence-electron chi connectivity index (χ2n) is 9.09. The summed E-state index contributed by atoms with van der Waals surface area (Å²) in [5.41, 5.74) is 2.96. The van der Waals surface area contributed by atoms with Crippen molar-refractivity contribution >= 4 is 29.3 Å². The van der Waals surface area contributed by atoms with Crippen LogP contribution < -0.4 is 15.7 Å². The van der Waals surface area contributed by atoms with Crippen LogP contribution in [-0.2, 0) is 26.2 Å². The molecule has 12 nitrogen and oxygen atoms in total. The molecule has 1 aliphatic rings. The molecule has 0 spiro atoms. The number of esters is 1. The first-order chi connectivity index (χ1) is 18.0. The summed E-state index contributed by atoms with van der Waals surface area (Å²) in [5.74, 6) is -1.44. The van der Waals surface area contributed by atoms with Crippen molar-refractivity contribution in [3.8, 4) is 0 Å². The first-order valence-corrected chi connectivity index (χ1v) is 12.3. The lowest BCUT2D eigenvalue weighted by molar-refractivity contribution is -0.175. The van der Waals surface area contributed by atoms with Crippen molar-refractivity contribution in [3.05, 3.63) is 52.3 Å². The lowest BCUT2D eigenvalue weighted by atomic mass is 10.1. The van der Waals surface area contributed by atoms with E-state index in [9.17, 15) is 19.5 Å². The number of anilines is 1. The molecule has 1 aliphatic carbocycles. The normalized spacial score (nSPS) is 13.5. The smallest absolute Gasteiger partial charge is 0.336 e. The van der Waals surface area contributed by atoms with Crippen LogP contribution in [0.5, 0.6) is 0 Å². The van der Waals surface area contributed by atoms with Gasteiger partial charge in [0.2, 0.25) is 0 Å². The molecular formula is C26H35N5O7. The lowest BCUT2D eigenvalue weighted by Gasteiger charge is -2.26. The van der Waals surface area contributed by atoms with Gasteiger partial charge in [-0.1, -0.05) is 6.07 Å². The van der Waals surface area contributed by atoms with E-state index in [1.807, 2.05) is 6.92 Å². The lowest BCUT2D eigenvalue weighted by Crippen LogP contribution is -2.35. The Balaban J connectivity index is 1.90. The quantitative estimate of drug-likeness (QED) is 0.0812. The van der Waals surface area contributed by atoms with Gasteiger partial charge in [-0.05, 0) is 63.8 Å². The number of aryl methyl sites for hydroxylation is 2. The van der Waals surface area contributed by atoms with Crippen LogP contribution in [0.1, 0.15) is 64.2 Å². The van der Waals surface area contributed by atoms with Crippen molar-refractivity contribution < 1.29 is 33.8 Å². The molecule has 1 fully saturated rings. The van der Waals surface area contributed by atoms with Crippen LogP contribution in [-0.4, -0.2) is 65.6 Å². The van der Waals surface area contributed by atoms with Gasteiger partial charge < -0.3 is 29.8 Å². The first kappa shape index (κ1) is 28.8. The van der Waals surface area contributed by atoms with Crippen molar-refractivity contribution in [1.82, 2.24) is 15.2 Å². The number of nitrogens with zero attached hydrogens (tertiary/aromatic N) is 2. The molecule has 1 unspecified atom stereocenters. The molecule has 2 aromatic rings. The van der Waals surface area contributed by atoms with E-state index in [2.05, 4.69) is 10.6 Å². The third kappa shape index (κ3) is 6.97. The van der Waals surface area contributed by atoms with E-state index in [0.29, 0.717) is 40.2 Å². The number of aliphatic hydroxyl groups excluding tert-OH is 1. The maximum absolute atomic E-state index is 12.8. The van der Waals surface area contributed by atoms with Gasteiger partial charge in [0.05, 0.1) is 16.9 Å². The third-order valence-electron chi connectivity index (χ3n) is 5.94. The zero-order valence-corrected chi connectivity index (χ0v) is 22.3. The molecule has 0 radical (unpaired) electrons. The Labute approximate surface area is 221 Å². The van der Waals surface area contributed by atoms with Gasteiger partial charge in [-0.25, -0.2) is 9.63 Å². The molecular weight excluding hydrogens is 494 g/mol. The fraction of sp³-hybridized carbons (Fsp3) is 0.462. The number of amides is 2. The summed E-state index contributed by atoms with van der Waals surface area (Å²) in [6.07, 6.45) is 2.28. The molecule has 2 amide bonds. The standard InChI is InChI=1S/C26H35N5O7/c1-6-28-24(33)18-8-7-15(2)21(11-18)31(38-14-36-13-37-26(35)17(4)32)23(27)22-16(3)20(12-30(22)5)25(34)29-19-9-10-19/h7-8,11-12,17,19,27,32H,6,9-10,13-14H2,1-5H3,(H,28,33)(H,29,34). The predicted octanol–water partition coefficient (Wildman–Crippen LogP) is 1.90. The van der Waals surface area contributed by atoms with Crippen molar-refractivity contribution in [2.75, 3.05) is 25.2 Å². The Morgan fingerprint density at radius 3 is 2.55 bits per heavy atom. The number of aliphatic hydroxyl groups is 1. The van der Waals surface area contributed by atoms with Gasteiger partial charge in [-0.3, -0.25) is 15.0 Å². The number of rotatable bonds is 12. The minimum atomic E-state index is -1.30. The summed E-state index contributed by atoms with van der Waals surface area (Å²) < 4.78 is 11.7. The second kappa shape index (κ2) is 12.7. The number of hydrogen-bond donors (Lipinski definition) is 4. The Morgan fingerprint density at radius 1 is 1.21 bits per heavy atom.